The zero-order valence-electron chi connectivity index (χ0n) is 11.6. The number of hydrogen-bond acceptors (Lipinski definition) is 3. The van der Waals surface area contributed by atoms with Crippen LogP contribution in [0.25, 0.3) is 0 Å². The van der Waals surface area contributed by atoms with Gasteiger partial charge in [0.25, 0.3) is 0 Å². The van der Waals surface area contributed by atoms with Crippen LogP contribution in [0.5, 0.6) is 0 Å². The molecule has 2 rings (SSSR count). The molecule has 4 heteroatoms. The molecule has 1 saturated heterocycles. The third kappa shape index (κ3) is 3.66. The summed E-state index contributed by atoms with van der Waals surface area (Å²) in [6.45, 7) is 5.92. The molecular weight excluding hydrogens is 258 g/mol. The largest absolute Gasteiger partial charge is 0.342 e. The van der Waals surface area contributed by atoms with Gasteiger partial charge in [-0.2, -0.15) is 0 Å². The molecule has 1 unspecified atom stereocenters. The van der Waals surface area contributed by atoms with E-state index in [4.69, 9.17) is 0 Å². The third-order valence-corrected chi connectivity index (χ3v) is 4.73. The Morgan fingerprint density at radius 1 is 1.53 bits per heavy atom. The Bertz CT molecular complexity index is 439. The van der Waals surface area contributed by atoms with Crippen molar-refractivity contribution in [3.05, 3.63) is 22.4 Å². The van der Waals surface area contributed by atoms with Crippen LogP contribution in [0.15, 0.2) is 17.5 Å². The molecule has 0 spiro atoms. The first kappa shape index (κ1) is 14.3. The van der Waals surface area contributed by atoms with E-state index in [1.807, 2.05) is 22.4 Å². The van der Waals surface area contributed by atoms with Crippen LogP contribution in [-0.2, 0) is 4.79 Å². The number of likely N-dealkylation sites (tertiary alicyclic amines) is 1. The molecule has 1 aromatic rings. The van der Waals surface area contributed by atoms with Crippen LogP contribution in [0.1, 0.15) is 42.8 Å². The molecule has 0 aromatic carbocycles. The Hall–Kier alpha value is -1.16. The molecule has 19 heavy (non-hydrogen) atoms. The van der Waals surface area contributed by atoms with Crippen LogP contribution < -0.4 is 0 Å². The van der Waals surface area contributed by atoms with E-state index in [9.17, 15) is 9.59 Å². The Morgan fingerprint density at radius 3 is 2.89 bits per heavy atom. The first-order valence-corrected chi connectivity index (χ1v) is 7.80. The van der Waals surface area contributed by atoms with E-state index in [2.05, 4.69) is 13.8 Å². The summed E-state index contributed by atoms with van der Waals surface area (Å²) in [7, 11) is 0. The average molecular weight is 279 g/mol. The molecule has 2 heterocycles. The molecule has 104 valence electrons. The highest BCUT2D eigenvalue weighted by Crippen LogP contribution is 2.25. The molecule has 0 N–H and O–H groups in total. The number of carbonyl (C=O) groups excluding carboxylic acids is 2. The van der Waals surface area contributed by atoms with Crippen molar-refractivity contribution in [1.29, 1.82) is 0 Å². The first-order valence-electron chi connectivity index (χ1n) is 6.92. The maximum absolute atomic E-state index is 11.8. The Labute approximate surface area is 118 Å². The zero-order chi connectivity index (χ0) is 13.8. The second-order valence-electron chi connectivity index (χ2n) is 5.55. The van der Waals surface area contributed by atoms with Crippen molar-refractivity contribution in [1.82, 2.24) is 4.90 Å². The smallest absolute Gasteiger partial charge is 0.222 e. The second kappa shape index (κ2) is 6.33. The highest BCUT2D eigenvalue weighted by atomic mass is 32.1. The number of hydrogen-bond donors (Lipinski definition) is 0. The minimum Gasteiger partial charge on any atom is -0.342 e. The van der Waals surface area contributed by atoms with Crippen LogP contribution in [0, 0.1) is 11.8 Å². The summed E-state index contributed by atoms with van der Waals surface area (Å²) in [6, 6.07) is 3.76. The molecular formula is C15H21NO2S. The minimum atomic E-state index is 0.196. The lowest BCUT2D eigenvalue weighted by atomic mass is 9.95. The predicted molar refractivity (Wildman–Crippen MR) is 77.4 cm³/mol. The average Bonchev–Trinajstić information content (AvgIpc) is 2.99. The van der Waals surface area contributed by atoms with E-state index in [-0.39, 0.29) is 11.7 Å². The molecule has 0 radical (unpaired) electrons. The van der Waals surface area contributed by atoms with Crippen molar-refractivity contribution < 1.29 is 9.59 Å². The van der Waals surface area contributed by atoms with Gasteiger partial charge in [-0.1, -0.05) is 19.9 Å². The van der Waals surface area contributed by atoms with E-state index < -0.39 is 0 Å². The Kier molecular flexibility index (Phi) is 4.75. The molecule has 0 saturated carbocycles. The van der Waals surface area contributed by atoms with Gasteiger partial charge in [-0.25, -0.2) is 0 Å². The number of rotatable bonds is 6. The molecule has 0 bridgehead atoms. The monoisotopic (exact) mass is 279 g/mol. The molecule has 1 atom stereocenters. The van der Waals surface area contributed by atoms with Crippen LogP contribution in [0.4, 0.5) is 0 Å². The van der Waals surface area contributed by atoms with Gasteiger partial charge in [-0.05, 0) is 29.7 Å². The number of ketones is 1. The fourth-order valence-electron chi connectivity index (χ4n) is 2.46. The van der Waals surface area contributed by atoms with E-state index in [0.717, 1.165) is 24.4 Å². The van der Waals surface area contributed by atoms with Crippen LogP contribution in [-0.4, -0.2) is 29.7 Å². The fraction of sp³-hybridized carbons (Fsp3) is 0.600. The van der Waals surface area contributed by atoms with Gasteiger partial charge in [0.05, 0.1) is 4.88 Å². The standard InChI is InChI=1S/C15H21NO2S/c1-11(2)12-9-15(18)16(10-12)7-3-5-13(17)14-6-4-8-19-14/h4,6,8,11-12H,3,5,7,9-10H2,1-2H3. The minimum absolute atomic E-state index is 0.196. The molecule has 1 amide bonds. The van der Waals surface area contributed by atoms with E-state index >= 15 is 0 Å². The lowest BCUT2D eigenvalue weighted by Gasteiger charge is -2.17. The van der Waals surface area contributed by atoms with Crippen molar-refractivity contribution in [2.75, 3.05) is 13.1 Å². The van der Waals surface area contributed by atoms with Crippen molar-refractivity contribution in [2.45, 2.75) is 33.1 Å². The first-order chi connectivity index (χ1) is 9.08. The number of amides is 1. The lowest BCUT2D eigenvalue weighted by molar-refractivity contribution is -0.127. The van der Waals surface area contributed by atoms with Crippen LogP contribution in [0.2, 0.25) is 0 Å². The fourth-order valence-corrected chi connectivity index (χ4v) is 3.15. The molecule has 3 nitrogen and oxygen atoms in total. The summed E-state index contributed by atoms with van der Waals surface area (Å²) < 4.78 is 0. The van der Waals surface area contributed by atoms with Gasteiger partial charge in [0.2, 0.25) is 5.91 Å². The molecule has 1 aromatic heterocycles. The third-order valence-electron chi connectivity index (χ3n) is 3.82. The SMILES string of the molecule is CC(C)C1CC(=O)N(CCCC(=O)c2cccs2)C1. The van der Waals surface area contributed by atoms with E-state index in [1.165, 1.54) is 11.3 Å². The number of Topliss-reactive ketones (excluding diaryl/α,β-unsaturated/α-hetero) is 1. The van der Waals surface area contributed by atoms with Crippen LogP contribution in [0.3, 0.4) is 0 Å². The van der Waals surface area contributed by atoms with E-state index in [1.54, 1.807) is 0 Å². The molecule has 0 aliphatic carbocycles. The normalized spacial score (nSPS) is 19.4. The summed E-state index contributed by atoms with van der Waals surface area (Å²) >= 11 is 1.49. The Balaban J connectivity index is 1.74. The summed E-state index contributed by atoms with van der Waals surface area (Å²) in [4.78, 5) is 26.4. The van der Waals surface area contributed by atoms with Gasteiger partial charge in [0, 0.05) is 25.9 Å². The maximum Gasteiger partial charge on any atom is 0.222 e. The van der Waals surface area contributed by atoms with E-state index in [0.29, 0.717) is 24.7 Å². The lowest BCUT2D eigenvalue weighted by Crippen LogP contribution is -2.27. The molecule has 1 fully saturated rings. The van der Waals surface area contributed by atoms with Gasteiger partial charge in [-0.3, -0.25) is 9.59 Å². The van der Waals surface area contributed by atoms with Gasteiger partial charge in [-0.15, -0.1) is 11.3 Å². The summed E-state index contributed by atoms with van der Waals surface area (Å²) in [6.07, 6.45) is 1.99. The summed E-state index contributed by atoms with van der Waals surface area (Å²) in [5.74, 6) is 1.49. The quantitative estimate of drug-likeness (QED) is 0.750. The summed E-state index contributed by atoms with van der Waals surface area (Å²) in [5.41, 5.74) is 0. The zero-order valence-corrected chi connectivity index (χ0v) is 12.4. The van der Waals surface area contributed by atoms with Crippen molar-refractivity contribution in [3.63, 3.8) is 0 Å². The highest BCUT2D eigenvalue weighted by molar-refractivity contribution is 7.12. The van der Waals surface area contributed by atoms with Crippen LogP contribution >= 0.6 is 11.3 Å². The predicted octanol–water partition coefficient (Wildman–Crippen LogP) is 3.22. The second-order valence-corrected chi connectivity index (χ2v) is 6.50. The molecule has 1 aliphatic heterocycles. The highest BCUT2D eigenvalue weighted by Gasteiger charge is 2.30. The topological polar surface area (TPSA) is 37.4 Å². The van der Waals surface area contributed by atoms with Gasteiger partial charge in [0.15, 0.2) is 5.78 Å². The molecule has 1 aliphatic rings. The van der Waals surface area contributed by atoms with Crippen molar-refractivity contribution in [2.24, 2.45) is 11.8 Å². The van der Waals surface area contributed by atoms with Gasteiger partial charge < -0.3 is 4.90 Å². The maximum atomic E-state index is 11.8. The van der Waals surface area contributed by atoms with Crippen molar-refractivity contribution >= 4 is 23.0 Å². The van der Waals surface area contributed by atoms with Crippen molar-refractivity contribution in [3.8, 4) is 0 Å². The summed E-state index contributed by atoms with van der Waals surface area (Å²) in [5, 5.41) is 1.92. The number of carbonyl (C=O) groups is 2. The van der Waals surface area contributed by atoms with Gasteiger partial charge >= 0.3 is 0 Å². The number of thiophene rings is 1. The van der Waals surface area contributed by atoms with Gasteiger partial charge in [0.1, 0.15) is 0 Å². The number of nitrogens with zero attached hydrogens (tertiary/aromatic N) is 1. The Morgan fingerprint density at radius 2 is 2.32 bits per heavy atom.